The summed E-state index contributed by atoms with van der Waals surface area (Å²) in [7, 11) is 0. The number of rotatable bonds is 5. The number of benzene rings is 2. The van der Waals surface area contributed by atoms with Crippen molar-refractivity contribution in [2.24, 2.45) is 0 Å². The van der Waals surface area contributed by atoms with E-state index >= 15 is 0 Å². The van der Waals surface area contributed by atoms with Crippen LogP contribution in [0.4, 0.5) is 10.5 Å². The Morgan fingerprint density at radius 2 is 1.66 bits per heavy atom. The van der Waals surface area contributed by atoms with Crippen LogP contribution in [0.5, 0.6) is 0 Å². The van der Waals surface area contributed by atoms with E-state index in [0.717, 1.165) is 5.39 Å². The highest BCUT2D eigenvalue weighted by molar-refractivity contribution is 6.04. The van der Waals surface area contributed by atoms with E-state index in [1.165, 1.54) is 6.92 Å². The number of carbonyl (C=O) groups excluding carboxylic acids is 3. The lowest BCUT2D eigenvalue weighted by atomic mass is 10.0. The number of amides is 1. The SMILES string of the molecule is CCOC(=O)Cc1c(-c2ccccc2NC(=O)OC(C)(C)C)n(C(C)=O)c2ccccc12. The molecule has 1 N–H and O–H groups in total. The second-order valence-electron chi connectivity index (χ2n) is 8.35. The number of esters is 1. The lowest BCUT2D eigenvalue weighted by molar-refractivity contribution is -0.142. The first-order valence-corrected chi connectivity index (χ1v) is 10.5. The Balaban J connectivity index is 2.22. The molecule has 0 aliphatic carbocycles. The van der Waals surface area contributed by atoms with Gasteiger partial charge in [-0.3, -0.25) is 19.5 Å². The molecule has 0 saturated heterocycles. The van der Waals surface area contributed by atoms with Crippen molar-refractivity contribution in [3.8, 4) is 11.3 Å². The fourth-order valence-corrected chi connectivity index (χ4v) is 3.66. The highest BCUT2D eigenvalue weighted by Crippen LogP contribution is 2.38. The molecule has 0 aliphatic rings. The maximum Gasteiger partial charge on any atom is 0.412 e. The number of nitrogens with one attached hydrogen (secondary N) is 1. The zero-order valence-corrected chi connectivity index (χ0v) is 19.0. The highest BCUT2D eigenvalue weighted by atomic mass is 16.6. The van der Waals surface area contributed by atoms with Crippen LogP contribution in [0, 0.1) is 0 Å². The molecule has 0 aliphatic heterocycles. The molecule has 7 nitrogen and oxygen atoms in total. The molecule has 2 aromatic carbocycles. The largest absolute Gasteiger partial charge is 0.466 e. The van der Waals surface area contributed by atoms with Crippen molar-refractivity contribution in [3.63, 3.8) is 0 Å². The van der Waals surface area contributed by atoms with Crippen molar-refractivity contribution in [2.75, 3.05) is 11.9 Å². The molecule has 0 spiro atoms. The van der Waals surface area contributed by atoms with Gasteiger partial charge in [-0.2, -0.15) is 0 Å². The van der Waals surface area contributed by atoms with Gasteiger partial charge in [-0.1, -0.05) is 36.4 Å². The van der Waals surface area contributed by atoms with Crippen LogP contribution in [0.25, 0.3) is 22.2 Å². The van der Waals surface area contributed by atoms with Crippen LogP contribution in [0.3, 0.4) is 0 Å². The summed E-state index contributed by atoms with van der Waals surface area (Å²) < 4.78 is 12.1. The summed E-state index contributed by atoms with van der Waals surface area (Å²) in [6.45, 7) is 8.82. The van der Waals surface area contributed by atoms with Gasteiger partial charge in [0.1, 0.15) is 5.60 Å². The molecule has 0 unspecified atom stereocenters. The van der Waals surface area contributed by atoms with E-state index in [1.807, 2.05) is 30.3 Å². The van der Waals surface area contributed by atoms with Crippen LogP contribution in [0.1, 0.15) is 45.0 Å². The van der Waals surface area contributed by atoms with Crippen LogP contribution >= 0.6 is 0 Å². The van der Waals surface area contributed by atoms with E-state index in [0.29, 0.717) is 28.0 Å². The monoisotopic (exact) mass is 436 g/mol. The van der Waals surface area contributed by atoms with Crippen LogP contribution in [-0.2, 0) is 20.7 Å². The smallest absolute Gasteiger partial charge is 0.412 e. The Bertz CT molecular complexity index is 1170. The predicted molar refractivity (Wildman–Crippen MR) is 124 cm³/mol. The van der Waals surface area contributed by atoms with Gasteiger partial charge in [0.05, 0.1) is 29.9 Å². The van der Waals surface area contributed by atoms with Crippen molar-refractivity contribution in [1.82, 2.24) is 4.57 Å². The quantitative estimate of drug-likeness (QED) is 0.540. The van der Waals surface area contributed by atoms with Gasteiger partial charge in [0, 0.05) is 17.9 Å². The number of hydrogen-bond acceptors (Lipinski definition) is 5. The van der Waals surface area contributed by atoms with Gasteiger partial charge in [0.25, 0.3) is 0 Å². The molecule has 3 aromatic rings. The van der Waals surface area contributed by atoms with Crippen LogP contribution < -0.4 is 5.32 Å². The fourth-order valence-electron chi connectivity index (χ4n) is 3.66. The molecule has 1 amide bonds. The summed E-state index contributed by atoms with van der Waals surface area (Å²) >= 11 is 0. The van der Waals surface area contributed by atoms with Gasteiger partial charge < -0.3 is 9.47 Å². The summed E-state index contributed by atoms with van der Waals surface area (Å²) in [5.41, 5.74) is 2.29. The first-order valence-electron chi connectivity index (χ1n) is 10.5. The van der Waals surface area contributed by atoms with Gasteiger partial charge in [-0.25, -0.2) is 4.79 Å². The minimum absolute atomic E-state index is 0.00919. The fraction of sp³-hybridized carbons (Fsp3) is 0.320. The van der Waals surface area contributed by atoms with Gasteiger partial charge >= 0.3 is 12.1 Å². The molecule has 0 saturated carbocycles. The molecular formula is C25H28N2O5. The summed E-state index contributed by atoms with van der Waals surface area (Å²) in [4.78, 5) is 37.6. The Kier molecular flexibility index (Phi) is 6.67. The van der Waals surface area contributed by atoms with Crippen molar-refractivity contribution in [1.29, 1.82) is 0 Å². The Morgan fingerprint density at radius 1 is 1.00 bits per heavy atom. The van der Waals surface area contributed by atoms with Crippen molar-refractivity contribution < 1.29 is 23.9 Å². The van der Waals surface area contributed by atoms with E-state index in [4.69, 9.17) is 9.47 Å². The molecule has 0 bridgehead atoms. The number of ether oxygens (including phenoxy) is 2. The van der Waals surface area contributed by atoms with E-state index in [-0.39, 0.29) is 18.9 Å². The third kappa shape index (κ3) is 4.99. The number of aromatic nitrogens is 1. The minimum atomic E-state index is -0.664. The average Bonchev–Trinajstić information content (AvgIpc) is 3.01. The Labute approximate surface area is 187 Å². The topological polar surface area (TPSA) is 86.6 Å². The minimum Gasteiger partial charge on any atom is -0.466 e. The molecule has 1 aromatic heterocycles. The molecule has 3 rings (SSSR count). The van der Waals surface area contributed by atoms with Gasteiger partial charge in [-0.15, -0.1) is 0 Å². The van der Waals surface area contributed by atoms with Crippen LogP contribution in [-0.4, -0.2) is 34.7 Å². The Morgan fingerprint density at radius 3 is 2.31 bits per heavy atom. The van der Waals surface area contributed by atoms with Crippen molar-refractivity contribution >= 4 is 34.6 Å². The summed E-state index contributed by atoms with van der Waals surface area (Å²) in [6, 6.07) is 14.5. The predicted octanol–water partition coefficient (Wildman–Crippen LogP) is 5.42. The Hall–Kier alpha value is -3.61. The number of fused-ring (bicyclic) bond motifs is 1. The third-order valence-electron chi connectivity index (χ3n) is 4.74. The van der Waals surface area contributed by atoms with E-state index < -0.39 is 17.7 Å². The standard InChI is InChI=1S/C25H28N2O5/c1-6-31-22(29)15-19-17-11-8-10-14-21(17)27(16(2)28)23(19)18-12-7-9-13-20(18)26-24(30)32-25(3,4)5/h7-14H,6,15H2,1-5H3,(H,26,30). The summed E-state index contributed by atoms with van der Waals surface area (Å²) in [5.74, 6) is -0.601. The zero-order valence-electron chi connectivity index (χ0n) is 19.0. The first-order chi connectivity index (χ1) is 15.1. The molecule has 32 heavy (non-hydrogen) atoms. The number of nitrogens with zero attached hydrogens (tertiary/aromatic N) is 1. The molecular weight excluding hydrogens is 408 g/mol. The lowest BCUT2D eigenvalue weighted by Crippen LogP contribution is -2.27. The molecule has 7 heteroatoms. The van der Waals surface area contributed by atoms with Gasteiger partial charge in [0.15, 0.2) is 0 Å². The second kappa shape index (κ2) is 9.26. The first kappa shape index (κ1) is 23.1. The molecule has 0 fully saturated rings. The van der Waals surface area contributed by atoms with Crippen LogP contribution in [0.15, 0.2) is 48.5 Å². The number of hydrogen-bond donors (Lipinski definition) is 1. The lowest BCUT2D eigenvalue weighted by Gasteiger charge is -2.21. The van der Waals surface area contributed by atoms with Crippen LogP contribution in [0.2, 0.25) is 0 Å². The maximum atomic E-state index is 12.7. The van der Waals surface area contributed by atoms with Crippen molar-refractivity contribution in [2.45, 2.75) is 46.6 Å². The summed E-state index contributed by atoms with van der Waals surface area (Å²) in [6.07, 6.45) is -0.618. The van der Waals surface area contributed by atoms with Gasteiger partial charge in [0.2, 0.25) is 5.91 Å². The molecule has 0 atom stereocenters. The van der Waals surface area contributed by atoms with E-state index in [9.17, 15) is 14.4 Å². The van der Waals surface area contributed by atoms with Crippen molar-refractivity contribution in [3.05, 3.63) is 54.1 Å². The number of anilines is 1. The normalized spacial score (nSPS) is 11.3. The molecule has 1 heterocycles. The molecule has 168 valence electrons. The van der Waals surface area contributed by atoms with E-state index in [2.05, 4.69) is 5.32 Å². The zero-order chi connectivity index (χ0) is 23.5. The summed E-state index contributed by atoms with van der Waals surface area (Å²) in [5, 5.41) is 3.56. The number of para-hydroxylation sites is 2. The number of carbonyl (C=O) groups is 3. The highest BCUT2D eigenvalue weighted by Gasteiger charge is 2.25. The van der Waals surface area contributed by atoms with Gasteiger partial charge in [-0.05, 0) is 45.4 Å². The second-order valence-corrected chi connectivity index (χ2v) is 8.35. The maximum absolute atomic E-state index is 12.7. The average molecular weight is 437 g/mol. The molecule has 0 radical (unpaired) electrons. The third-order valence-corrected chi connectivity index (χ3v) is 4.74. The van der Waals surface area contributed by atoms with E-state index in [1.54, 1.807) is 50.5 Å².